The first-order valence-electron chi connectivity index (χ1n) is 12.0. The highest BCUT2D eigenvalue weighted by Gasteiger charge is 2.22. The van der Waals surface area contributed by atoms with Gasteiger partial charge in [-0.25, -0.2) is 13.2 Å². The predicted octanol–water partition coefficient (Wildman–Crippen LogP) is 4.90. The Balaban J connectivity index is 0.00000380. The van der Waals surface area contributed by atoms with Crippen LogP contribution in [0.2, 0.25) is 0 Å². The zero-order valence-electron chi connectivity index (χ0n) is 20.3. The average Bonchev–Trinajstić information content (AvgIpc) is 2.88. The fourth-order valence-corrected chi connectivity index (χ4v) is 4.31. The number of aliphatic hydroxyl groups is 1. The highest BCUT2D eigenvalue weighted by molar-refractivity contribution is 5.98. The van der Waals surface area contributed by atoms with Crippen LogP contribution >= 0.6 is 12.4 Å². The molecular weight excluding hydrogens is 505 g/mol. The molecule has 1 N–H and O–H groups in total. The Morgan fingerprint density at radius 1 is 0.919 bits per heavy atom. The van der Waals surface area contributed by atoms with Crippen LogP contribution in [-0.4, -0.2) is 61.2 Å². The molecule has 1 unspecified atom stereocenters. The van der Waals surface area contributed by atoms with Crippen molar-refractivity contribution in [1.29, 1.82) is 0 Å². The van der Waals surface area contributed by atoms with Gasteiger partial charge in [-0.05, 0) is 54.4 Å². The van der Waals surface area contributed by atoms with Crippen molar-refractivity contribution >= 4 is 23.9 Å². The summed E-state index contributed by atoms with van der Waals surface area (Å²) in [5.41, 5.74) is 1.49. The number of benzene rings is 3. The standard InChI is InChI=1S/C28H29F3N2O3.ClH/c29-21-8-5-20(6-9-21)7-11-27(35)24-17-22(30)10-12-28(24)36-19-23(34)18-32-13-15-33(16-14-32)26-4-2-1-3-25(26)31;/h1-6,8-10,12,17,23,34H,7,11,13-16,18-19H2;1H. The number of rotatable bonds is 10. The summed E-state index contributed by atoms with van der Waals surface area (Å²) in [6.07, 6.45) is -0.325. The molecule has 0 aliphatic carbocycles. The van der Waals surface area contributed by atoms with Crippen molar-refractivity contribution in [3.05, 3.63) is 95.3 Å². The number of ketones is 1. The second-order valence-corrected chi connectivity index (χ2v) is 8.89. The highest BCUT2D eigenvalue weighted by Crippen LogP contribution is 2.23. The van der Waals surface area contributed by atoms with Crippen LogP contribution < -0.4 is 9.64 Å². The van der Waals surface area contributed by atoms with E-state index in [9.17, 15) is 23.1 Å². The van der Waals surface area contributed by atoms with Crippen LogP contribution in [0.15, 0.2) is 66.7 Å². The molecule has 0 aromatic heterocycles. The number of carbonyl (C=O) groups is 1. The molecule has 9 heteroatoms. The van der Waals surface area contributed by atoms with Crippen molar-refractivity contribution in [3.63, 3.8) is 0 Å². The molecule has 0 radical (unpaired) electrons. The van der Waals surface area contributed by atoms with Crippen LogP contribution in [0.5, 0.6) is 5.75 Å². The third kappa shape index (κ3) is 7.95. The van der Waals surface area contributed by atoms with Gasteiger partial charge in [-0.3, -0.25) is 9.69 Å². The summed E-state index contributed by atoms with van der Waals surface area (Å²) in [5.74, 6) is -1.24. The SMILES string of the molecule is Cl.O=C(CCc1ccc(F)cc1)c1cc(F)ccc1OCC(O)CN1CCN(c2ccccc2F)CC1. The van der Waals surface area contributed by atoms with E-state index in [1.54, 1.807) is 24.3 Å². The first-order valence-corrected chi connectivity index (χ1v) is 12.0. The second kappa shape index (κ2) is 13.5. The lowest BCUT2D eigenvalue weighted by atomic mass is 10.0. The Bertz CT molecular complexity index is 1170. The van der Waals surface area contributed by atoms with E-state index >= 15 is 0 Å². The number of halogens is 4. The van der Waals surface area contributed by atoms with E-state index in [0.717, 1.165) is 11.6 Å². The van der Waals surface area contributed by atoms with Crippen LogP contribution in [0.25, 0.3) is 0 Å². The second-order valence-electron chi connectivity index (χ2n) is 8.89. The van der Waals surface area contributed by atoms with Crippen molar-refractivity contribution in [3.8, 4) is 5.75 Å². The minimum atomic E-state index is -0.822. The third-order valence-corrected chi connectivity index (χ3v) is 6.26. The Hall–Kier alpha value is -3.07. The lowest BCUT2D eigenvalue weighted by Crippen LogP contribution is -2.49. The normalized spacial score (nSPS) is 14.6. The Morgan fingerprint density at radius 2 is 1.59 bits per heavy atom. The van der Waals surface area contributed by atoms with E-state index in [1.165, 1.54) is 30.3 Å². The summed E-state index contributed by atoms with van der Waals surface area (Å²) in [6.45, 7) is 2.90. The maximum absolute atomic E-state index is 14.0. The number of aryl methyl sites for hydroxylation is 1. The van der Waals surface area contributed by atoms with Gasteiger partial charge in [0.2, 0.25) is 0 Å². The molecule has 4 rings (SSSR count). The minimum absolute atomic E-state index is 0. The number of hydrogen-bond donors (Lipinski definition) is 1. The van der Waals surface area contributed by atoms with Gasteiger partial charge in [-0.15, -0.1) is 12.4 Å². The number of para-hydroxylation sites is 1. The number of piperazine rings is 1. The molecule has 0 spiro atoms. The smallest absolute Gasteiger partial charge is 0.167 e. The molecule has 0 saturated carbocycles. The number of anilines is 1. The largest absolute Gasteiger partial charge is 0.490 e. The Labute approximate surface area is 220 Å². The van der Waals surface area contributed by atoms with Crippen molar-refractivity contribution < 1.29 is 27.8 Å². The van der Waals surface area contributed by atoms with E-state index in [2.05, 4.69) is 4.90 Å². The van der Waals surface area contributed by atoms with Gasteiger partial charge in [0.05, 0.1) is 11.3 Å². The first-order chi connectivity index (χ1) is 17.4. The zero-order valence-corrected chi connectivity index (χ0v) is 21.1. The molecular formula is C28H30ClF3N2O3. The topological polar surface area (TPSA) is 53.0 Å². The lowest BCUT2D eigenvalue weighted by molar-refractivity contribution is 0.0654. The van der Waals surface area contributed by atoms with Gasteiger partial charge in [0.25, 0.3) is 0 Å². The number of ether oxygens (including phenoxy) is 1. The fraction of sp³-hybridized carbons (Fsp3) is 0.321. The molecule has 1 aliphatic heterocycles. The van der Waals surface area contributed by atoms with E-state index in [-0.39, 0.29) is 54.2 Å². The molecule has 1 heterocycles. The van der Waals surface area contributed by atoms with Gasteiger partial charge < -0.3 is 14.7 Å². The average molecular weight is 535 g/mol. The molecule has 5 nitrogen and oxygen atoms in total. The number of hydrogen-bond acceptors (Lipinski definition) is 5. The molecule has 37 heavy (non-hydrogen) atoms. The van der Waals surface area contributed by atoms with E-state index in [4.69, 9.17) is 4.74 Å². The number of carbonyl (C=O) groups excluding carboxylic acids is 1. The molecule has 1 fully saturated rings. The first kappa shape index (κ1) is 28.5. The van der Waals surface area contributed by atoms with Crippen LogP contribution in [0, 0.1) is 17.5 Å². The third-order valence-electron chi connectivity index (χ3n) is 6.26. The number of nitrogens with zero attached hydrogens (tertiary/aromatic N) is 2. The van der Waals surface area contributed by atoms with E-state index < -0.39 is 11.9 Å². The van der Waals surface area contributed by atoms with Gasteiger partial charge in [-0.2, -0.15) is 0 Å². The van der Waals surface area contributed by atoms with Crippen molar-refractivity contribution in [1.82, 2.24) is 4.90 Å². The Kier molecular flexibility index (Phi) is 10.4. The van der Waals surface area contributed by atoms with Crippen molar-refractivity contribution in [2.24, 2.45) is 0 Å². The maximum atomic E-state index is 14.0. The van der Waals surface area contributed by atoms with Crippen molar-refractivity contribution in [2.45, 2.75) is 18.9 Å². The lowest BCUT2D eigenvalue weighted by Gasteiger charge is -2.37. The summed E-state index contributed by atoms with van der Waals surface area (Å²) in [7, 11) is 0. The maximum Gasteiger partial charge on any atom is 0.167 e. The zero-order chi connectivity index (χ0) is 25.5. The number of aliphatic hydroxyl groups excluding tert-OH is 1. The highest BCUT2D eigenvalue weighted by atomic mass is 35.5. The molecule has 1 atom stereocenters. The molecule has 0 bridgehead atoms. The number of β-amino-alcohol motifs (C(OH)–C–C–N with tert-alkyl or cyclic N) is 1. The van der Waals surface area contributed by atoms with Gasteiger partial charge in [-0.1, -0.05) is 24.3 Å². The summed E-state index contributed by atoms with van der Waals surface area (Å²) >= 11 is 0. The summed E-state index contributed by atoms with van der Waals surface area (Å²) in [5, 5.41) is 10.5. The minimum Gasteiger partial charge on any atom is -0.490 e. The molecule has 1 aliphatic rings. The Morgan fingerprint density at radius 3 is 2.30 bits per heavy atom. The quantitative estimate of drug-likeness (QED) is 0.375. The molecule has 0 amide bonds. The monoisotopic (exact) mass is 534 g/mol. The van der Waals surface area contributed by atoms with Gasteiger partial charge in [0, 0.05) is 39.1 Å². The van der Waals surface area contributed by atoms with Gasteiger partial charge >= 0.3 is 0 Å². The predicted molar refractivity (Wildman–Crippen MR) is 139 cm³/mol. The summed E-state index contributed by atoms with van der Waals surface area (Å²) in [6, 6.07) is 16.3. The van der Waals surface area contributed by atoms with Crippen molar-refractivity contribution in [2.75, 3.05) is 44.2 Å². The molecule has 3 aromatic carbocycles. The van der Waals surface area contributed by atoms with Crippen LogP contribution in [-0.2, 0) is 6.42 Å². The van der Waals surface area contributed by atoms with E-state index in [0.29, 0.717) is 44.8 Å². The van der Waals surface area contributed by atoms with E-state index in [1.807, 2.05) is 11.0 Å². The summed E-state index contributed by atoms with van der Waals surface area (Å²) < 4.78 is 46.7. The van der Waals surface area contributed by atoms with Gasteiger partial charge in [0.15, 0.2) is 5.78 Å². The molecule has 1 saturated heterocycles. The van der Waals surface area contributed by atoms with Crippen LogP contribution in [0.3, 0.4) is 0 Å². The number of Topliss-reactive ketones (excluding diaryl/α,β-unsaturated/α-hetero) is 1. The fourth-order valence-electron chi connectivity index (χ4n) is 4.31. The van der Waals surface area contributed by atoms with Crippen LogP contribution in [0.1, 0.15) is 22.3 Å². The molecule has 198 valence electrons. The van der Waals surface area contributed by atoms with Gasteiger partial charge in [0.1, 0.15) is 35.9 Å². The summed E-state index contributed by atoms with van der Waals surface area (Å²) in [4.78, 5) is 16.8. The molecule has 3 aromatic rings. The van der Waals surface area contributed by atoms with Crippen LogP contribution in [0.4, 0.5) is 18.9 Å².